The summed E-state index contributed by atoms with van der Waals surface area (Å²) in [6.07, 6.45) is 4.25. The fourth-order valence-electron chi connectivity index (χ4n) is 2.96. The number of anilines is 2. The van der Waals surface area contributed by atoms with Gasteiger partial charge in [0.25, 0.3) is 0 Å². The van der Waals surface area contributed by atoms with Crippen molar-refractivity contribution in [3.8, 4) is 0 Å². The van der Waals surface area contributed by atoms with E-state index in [1.165, 1.54) is 23.4 Å². The van der Waals surface area contributed by atoms with Crippen molar-refractivity contribution in [1.29, 1.82) is 0 Å². The van der Waals surface area contributed by atoms with E-state index in [-0.39, 0.29) is 5.78 Å². The minimum Gasteiger partial charge on any atom is -0.397 e. The highest BCUT2D eigenvalue weighted by molar-refractivity contribution is 7.19. The predicted molar refractivity (Wildman–Crippen MR) is 87.6 cm³/mol. The van der Waals surface area contributed by atoms with E-state index in [1.807, 2.05) is 6.92 Å². The number of nitrogens with two attached hydrogens (primary N) is 1. The minimum atomic E-state index is 0.172. The maximum Gasteiger partial charge on any atom is 0.174 e. The van der Waals surface area contributed by atoms with Crippen LogP contribution < -0.4 is 10.6 Å². The van der Waals surface area contributed by atoms with Crippen LogP contribution in [0.3, 0.4) is 0 Å². The first-order valence-electron chi connectivity index (χ1n) is 7.97. The van der Waals surface area contributed by atoms with Crippen LogP contribution in [0.4, 0.5) is 10.7 Å². The van der Waals surface area contributed by atoms with E-state index in [1.54, 1.807) is 11.3 Å². The van der Waals surface area contributed by atoms with Crippen molar-refractivity contribution in [2.24, 2.45) is 0 Å². The Bertz CT molecular complexity index is 537. The average molecular weight is 308 g/mol. The van der Waals surface area contributed by atoms with Gasteiger partial charge >= 0.3 is 0 Å². The summed E-state index contributed by atoms with van der Waals surface area (Å²) in [6.45, 7) is 6.63. The number of hydrogen-bond donors (Lipinski definition) is 1. The molecule has 0 aromatic carbocycles. The highest BCUT2D eigenvalue weighted by Crippen LogP contribution is 2.52. The van der Waals surface area contributed by atoms with Crippen molar-refractivity contribution in [3.63, 3.8) is 0 Å². The van der Waals surface area contributed by atoms with Crippen LogP contribution in [-0.4, -0.2) is 31.6 Å². The van der Waals surface area contributed by atoms with Gasteiger partial charge in [-0.25, -0.2) is 0 Å². The number of carbonyl (C=O) groups excluding carboxylic acids is 1. The number of ketones is 1. The molecule has 1 saturated heterocycles. The maximum atomic E-state index is 12.1. The lowest BCUT2D eigenvalue weighted by atomic mass is 10.1. The lowest BCUT2D eigenvalue weighted by molar-refractivity contribution is 0.0386. The molecule has 2 N–H and O–H groups in total. The third-order valence-electron chi connectivity index (χ3n) is 4.41. The molecule has 1 aliphatic heterocycles. The normalized spacial score (nSPS) is 22.6. The molecule has 3 rings (SSSR count). The summed E-state index contributed by atoms with van der Waals surface area (Å²) >= 11 is 1.60. The molecule has 1 aliphatic carbocycles. The van der Waals surface area contributed by atoms with Gasteiger partial charge in [-0.3, -0.25) is 4.79 Å². The molecule has 116 valence electrons. The highest BCUT2D eigenvalue weighted by atomic mass is 32.1. The molecule has 4 nitrogen and oxygen atoms in total. The summed E-state index contributed by atoms with van der Waals surface area (Å²) < 4.78 is 5.77. The molecular formula is C16H24N2O2S. The quantitative estimate of drug-likeness (QED) is 0.847. The number of nitrogen functional groups attached to an aromatic ring is 1. The molecule has 1 atom stereocenters. The third-order valence-corrected chi connectivity index (χ3v) is 5.73. The number of rotatable bonds is 5. The van der Waals surface area contributed by atoms with Crippen molar-refractivity contribution in [1.82, 2.24) is 0 Å². The van der Waals surface area contributed by atoms with Gasteiger partial charge in [0.05, 0.1) is 28.3 Å². The largest absolute Gasteiger partial charge is 0.397 e. The molecule has 1 saturated carbocycles. The van der Waals surface area contributed by atoms with Crippen LogP contribution >= 0.6 is 11.3 Å². The molecule has 1 aromatic rings. The number of thiophene rings is 1. The minimum absolute atomic E-state index is 0.172. The summed E-state index contributed by atoms with van der Waals surface area (Å²) in [4.78, 5) is 15.3. The zero-order valence-electron chi connectivity index (χ0n) is 12.9. The number of ether oxygens (including phenoxy) is 1. The Kier molecular flexibility index (Phi) is 4.22. The second-order valence-corrected chi connectivity index (χ2v) is 6.96. The van der Waals surface area contributed by atoms with Crippen molar-refractivity contribution in [2.75, 3.05) is 30.3 Å². The van der Waals surface area contributed by atoms with Gasteiger partial charge in [0.2, 0.25) is 0 Å². The molecule has 0 bridgehead atoms. The van der Waals surface area contributed by atoms with Gasteiger partial charge in [0.1, 0.15) is 0 Å². The zero-order chi connectivity index (χ0) is 15.0. The first-order chi connectivity index (χ1) is 10.2. The third kappa shape index (κ3) is 2.81. The number of morpholine rings is 1. The fourth-order valence-corrected chi connectivity index (χ4v) is 4.32. The second kappa shape index (κ2) is 5.97. The monoisotopic (exact) mass is 308 g/mol. The smallest absolute Gasteiger partial charge is 0.174 e. The van der Waals surface area contributed by atoms with Gasteiger partial charge in [-0.2, -0.15) is 0 Å². The Morgan fingerprint density at radius 2 is 2.19 bits per heavy atom. The lowest BCUT2D eigenvalue weighted by Gasteiger charge is -2.34. The molecule has 0 spiro atoms. The number of carbonyl (C=O) groups is 1. The van der Waals surface area contributed by atoms with E-state index in [0.717, 1.165) is 36.7 Å². The van der Waals surface area contributed by atoms with Crippen LogP contribution in [0.5, 0.6) is 0 Å². The van der Waals surface area contributed by atoms with Gasteiger partial charge in [-0.1, -0.05) is 13.8 Å². The summed E-state index contributed by atoms with van der Waals surface area (Å²) in [5.74, 6) is 0.739. The topological polar surface area (TPSA) is 55.6 Å². The van der Waals surface area contributed by atoms with Gasteiger partial charge < -0.3 is 15.4 Å². The van der Waals surface area contributed by atoms with Gasteiger partial charge in [0, 0.05) is 25.1 Å². The Morgan fingerprint density at radius 3 is 2.81 bits per heavy atom. The molecule has 2 aliphatic rings. The van der Waals surface area contributed by atoms with Gasteiger partial charge in [0.15, 0.2) is 5.78 Å². The average Bonchev–Trinajstić information content (AvgIpc) is 3.29. The first kappa shape index (κ1) is 14.9. The number of nitrogens with zero attached hydrogens (tertiary/aromatic N) is 1. The van der Waals surface area contributed by atoms with Crippen LogP contribution in [0.1, 0.15) is 60.7 Å². The van der Waals surface area contributed by atoms with Crippen LogP contribution in [0.2, 0.25) is 0 Å². The van der Waals surface area contributed by atoms with Gasteiger partial charge in [-0.15, -0.1) is 11.3 Å². The highest BCUT2D eigenvalue weighted by Gasteiger charge is 2.35. The Labute approximate surface area is 130 Å². The van der Waals surface area contributed by atoms with Crippen LogP contribution in [0.15, 0.2) is 0 Å². The zero-order valence-corrected chi connectivity index (χ0v) is 13.7. The van der Waals surface area contributed by atoms with E-state index >= 15 is 0 Å². The fraction of sp³-hybridized carbons (Fsp3) is 0.688. The van der Waals surface area contributed by atoms with Crippen molar-refractivity contribution < 1.29 is 9.53 Å². The molecule has 0 amide bonds. The van der Waals surface area contributed by atoms with E-state index in [9.17, 15) is 4.79 Å². The first-order valence-corrected chi connectivity index (χ1v) is 8.79. The summed E-state index contributed by atoms with van der Waals surface area (Å²) in [6, 6.07) is 0. The Hall–Kier alpha value is -1.07. The maximum absolute atomic E-state index is 12.1. The number of Topliss-reactive ketones (excluding diaryl/α,β-unsaturated/α-hetero) is 1. The second-order valence-electron chi connectivity index (χ2n) is 5.96. The van der Waals surface area contributed by atoms with E-state index < -0.39 is 0 Å². The van der Waals surface area contributed by atoms with Crippen molar-refractivity contribution in [3.05, 3.63) is 10.4 Å². The van der Waals surface area contributed by atoms with E-state index in [4.69, 9.17) is 10.5 Å². The summed E-state index contributed by atoms with van der Waals surface area (Å²) in [7, 11) is 0. The Morgan fingerprint density at radius 1 is 1.43 bits per heavy atom. The molecular weight excluding hydrogens is 284 g/mol. The summed E-state index contributed by atoms with van der Waals surface area (Å²) in [5.41, 5.74) is 8.32. The molecule has 5 heteroatoms. The van der Waals surface area contributed by atoms with E-state index in [0.29, 0.717) is 18.4 Å². The van der Waals surface area contributed by atoms with Crippen LogP contribution in [0.25, 0.3) is 0 Å². The number of hydrogen-bond acceptors (Lipinski definition) is 5. The lowest BCUT2D eigenvalue weighted by Crippen LogP contribution is -2.42. The summed E-state index contributed by atoms with van der Waals surface area (Å²) in [5, 5.41) is 1.23. The SMILES string of the molecule is CCC(=O)c1sc(N2CCOC(CC)C2)c(C2CC2)c1N. The van der Waals surface area contributed by atoms with Gasteiger partial charge in [-0.05, 0) is 25.2 Å². The Balaban J connectivity index is 1.95. The molecule has 2 fully saturated rings. The van der Waals surface area contributed by atoms with Crippen LogP contribution in [-0.2, 0) is 4.74 Å². The molecule has 21 heavy (non-hydrogen) atoms. The van der Waals surface area contributed by atoms with Crippen LogP contribution in [0, 0.1) is 0 Å². The van der Waals surface area contributed by atoms with Crippen molar-refractivity contribution >= 4 is 27.8 Å². The van der Waals surface area contributed by atoms with E-state index in [2.05, 4.69) is 11.8 Å². The molecule has 2 heterocycles. The molecule has 0 radical (unpaired) electrons. The predicted octanol–water partition coefficient (Wildman–Crippen LogP) is 3.42. The molecule has 1 aromatic heterocycles. The standard InChI is InChI=1S/C16H24N2O2S/c1-3-11-9-18(7-8-20-11)16-13(10-5-6-10)14(17)15(21-16)12(19)4-2/h10-11H,3-9,17H2,1-2H3. The van der Waals surface area contributed by atoms with Crippen molar-refractivity contribution in [2.45, 2.75) is 51.6 Å². The molecule has 1 unspecified atom stereocenters.